The van der Waals surface area contributed by atoms with Gasteiger partial charge in [-0.15, -0.1) is 0 Å². The van der Waals surface area contributed by atoms with Gasteiger partial charge < -0.3 is 15.8 Å². The Bertz CT molecular complexity index is 721. The molecule has 0 aliphatic carbocycles. The zero-order chi connectivity index (χ0) is 15.0. The second-order valence-electron chi connectivity index (χ2n) is 4.74. The van der Waals surface area contributed by atoms with Crippen molar-refractivity contribution in [3.8, 4) is 5.75 Å². The van der Waals surface area contributed by atoms with E-state index in [9.17, 15) is 9.18 Å². The summed E-state index contributed by atoms with van der Waals surface area (Å²) in [5.41, 5.74) is 7.76. The first kappa shape index (κ1) is 14.0. The Morgan fingerprint density at radius 2 is 2.10 bits per heavy atom. The average molecular weight is 351 g/mol. The molecule has 6 heteroatoms. The maximum atomic E-state index is 13.9. The molecule has 2 aromatic carbocycles. The van der Waals surface area contributed by atoms with E-state index in [2.05, 4.69) is 21.2 Å². The quantitative estimate of drug-likeness (QED) is 0.874. The number of carbonyl (C=O) groups is 1. The molecule has 1 aliphatic heterocycles. The summed E-state index contributed by atoms with van der Waals surface area (Å²) < 4.78 is 19.9. The van der Waals surface area contributed by atoms with E-state index >= 15 is 0 Å². The van der Waals surface area contributed by atoms with Crippen LogP contribution in [-0.4, -0.2) is 12.5 Å². The molecule has 0 spiro atoms. The number of hydrogen-bond donors (Lipinski definition) is 2. The van der Waals surface area contributed by atoms with Gasteiger partial charge >= 0.3 is 0 Å². The fourth-order valence-corrected chi connectivity index (χ4v) is 2.61. The normalized spacial score (nSPS) is 14.9. The van der Waals surface area contributed by atoms with Crippen LogP contribution in [0.1, 0.15) is 17.2 Å². The predicted molar refractivity (Wildman–Crippen MR) is 80.7 cm³/mol. The third kappa shape index (κ3) is 2.77. The van der Waals surface area contributed by atoms with Crippen molar-refractivity contribution >= 4 is 27.5 Å². The molecular weight excluding hydrogens is 339 g/mol. The molecule has 1 aliphatic rings. The molecule has 3 N–H and O–H groups in total. The van der Waals surface area contributed by atoms with E-state index in [4.69, 9.17) is 10.5 Å². The average Bonchev–Trinajstić information content (AvgIpc) is 2.48. The van der Waals surface area contributed by atoms with Crippen LogP contribution in [0.5, 0.6) is 5.75 Å². The predicted octanol–water partition coefficient (Wildman–Crippen LogP) is 2.97. The summed E-state index contributed by atoms with van der Waals surface area (Å²) in [5.74, 6) is -0.00849. The zero-order valence-corrected chi connectivity index (χ0v) is 12.5. The minimum Gasteiger partial charge on any atom is -0.482 e. The standard InChI is InChI=1S/C15H12BrFN2O2/c16-9-2-3-11(17)10(6-9)15(18)8-1-4-13-12(5-8)19-14(20)7-21-13/h1-6,15H,7,18H2,(H,19,20). The van der Waals surface area contributed by atoms with Crippen molar-refractivity contribution in [2.75, 3.05) is 11.9 Å². The van der Waals surface area contributed by atoms with Crippen LogP contribution in [0.4, 0.5) is 10.1 Å². The number of ether oxygens (including phenoxy) is 1. The van der Waals surface area contributed by atoms with E-state index in [0.29, 0.717) is 22.6 Å². The topological polar surface area (TPSA) is 64.3 Å². The van der Waals surface area contributed by atoms with Crippen molar-refractivity contribution in [1.29, 1.82) is 0 Å². The monoisotopic (exact) mass is 350 g/mol. The number of amides is 1. The highest BCUT2D eigenvalue weighted by Gasteiger charge is 2.19. The molecule has 3 rings (SSSR count). The highest BCUT2D eigenvalue weighted by atomic mass is 79.9. The molecular formula is C15H12BrFN2O2. The van der Waals surface area contributed by atoms with E-state index < -0.39 is 6.04 Å². The third-order valence-corrected chi connectivity index (χ3v) is 3.78. The molecule has 0 saturated heterocycles. The summed E-state index contributed by atoms with van der Waals surface area (Å²) in [6.07, 6.45) is 0. The smallest absolute Gasteiger partial charge is 0.262 e. The second-order valence-corrected chi connectivity index (χ2v) is 5.65. The first-order valence-electron chi connectivity index (χ1n) is 6.32. The van der Waals surface area contributed by atoms with Gasteiger partial charge in [-0.3, -0.25) is 4.79 Å². The Morgan fingerprint density at radius 3 is 2.90 bits per heavy atom. The molecule has 2 aromatic rings. The number of nitrogens with one attached hydrogen (secondary N) is 1. The van der Waals surface area contributed by atoms with Gasteiger partial charge in [0.2, 0.25) is 0 Å². The zero-order valence-electron chi connectivity index (χ0n) is 10.9. The summed E-state index contributed by atoms with van der Waals surface area (Å²) in [4.78, 5) is 11.3. The molecule has 1 unspecified atom stereocenters. The summed E-state index contributed by atoms with van der Waals surface area (Å²) in [6.45, 7) is -0.00133. The maximum Gasteiger partial charge on any atom is 0.262 e. The minimum absolute atomic E-state index is 0.00133. The first-order valence-corrected chi connectivity index (χ1v) is 7.11. The van der Waals surface area contributed by atoms with E-state index in [1.54, 1.807) is 30.3 Å². The van der Waals surface area contributed by atoms with Crippen LogP contribution < -0.4 is 15.8 Å². The molecule has 108 valence electrons. The van der Waals surface area contributed by atoms with E-state index in [1.165, 1.54) is 6.07 Å². The summed E-state index contributed by atoms with van der Waals surface area (Å²) in [5, 5.41) is 2.71. The molecule has 1 amide bonds. The number of hydrogen-bond acceptors (Lipinski definition) is 3. The Kier molecular flexibility index (Phi) is 3.65. The van der Waals surface area contributed by atoms with Gasteiger partial charge in [-0.1, -0.05) is 22.0 Å². The Labute approximate surface area is 129 Å². The summed E-state index contributed by atoms with van der Waals surface area (Å²) in [7, 11) is 0. The lowest BCUT2D eigenvalue weighted by molar-refractivity contribution is -0.118. The van der Waals surface area contributed by atoms with E-state index in [0.717, 1.165) is 4.47 Å². The van der Waals surface area contributed by atoms with Crippen LogP contribution in [-0.2, 0) is 4.79 Å². The number of rotatable bonds is 2. The summed E-state index contributed by atoms with van der Waals surface area (Å²) in [6, 6.07) is 9.19. The van der Waals surface area contributed by atoms with E-state index in [-0.39, 0.29) is 18.3 Å². The van der Waals surface area contributed by atoms with Crippen LogP contribution in [0.3, 0.4) is 0 Å². The fraction of sp³-hybridized carbons (Fsp3) is 0.133. The fourth-order valence-electron chi connectivity index (χ4n) is 2.23. The lowest BCUT2D eigenvalue weighted by atomic mass is 9.98. The molecule has 21 heavy (non-hydrogen) atoms. The first-order chi connectivity index (χ1) is 10.0. The number of anilines is 1. The Hall–Kier alpha value is -1.92. The number of nitrogens with two attached hydrogens (primary N) is 1. The van der Waals surface area contributed by atoms with Gasteiger partial charge in [-0.05, 0) is 35.9 Å². The van der Waals surface area contributed by atoms with Crippen molar-refractivity contribution < 1.29 is 13.9 Å². The van der Waals surface area contributed by atoms with Crippen LogP contribution >= 0.6 is 15.9 Å². The van der Waals surface area contributed by atoms with Gasteiger partial charge in [0.05, 0.1) is 11.7 Å². The minimum atomic E-state index is -0.633. The van der Waals surface area contributed by atoms with Crippen molar-refractivity contribution in [3.05, 3.63) is 57.8 Å². The van der Waals surface area contributed by atoms with Crippen molar-refractivity contribution in [1.82, 2.24) is 0 Å². The molecule has 4 nitrogen and oxygen atoms in total. The molecule has 0 fully saturated rings. The van der Waals surface area contributed by atoms with Gasteiger partial charge in [0.25, 0.3) is 5.91 Å². The summed E-state index contributed by atoms with van der Waals surface area (Å²) >= 11 is 3.31. The van der Waals surface area contributed by atoms with Crippen LogP contribution in [0.25, 0.3) is 0 Å². The number of carbonyl (C=O) groups excluding carboxylic acids is 1. The molecule has 0 radical (unpaired) electrons. The highest BCUT2D eigenvalue weighted by molar-refractivity contribution is 9.10. The van der Waals surface area contributed by atoms with Crippen LogP contribution in [0.2, 0.25) is 0 Å². The SMILES string of the molecule is NC(c1ccc2c(c1)NC(=O)CO2)c1cc(Br)ccc1F. The van der Waals surface area contributed by atoms with Crippen LogP contribution in [0, 0.1) is 5.82 Å². The van der Waals surface area contributed by atoms with Crippen LogP contribution in [0.15, 0.2) is 40.9 Å². The highest BCUT2D eigenvalue weighted by Crippen LogP contribution is 2.32. The molecule has 1 atom stereocenters. The lowest BCUT2D eigenvalue weighted by Crippen LogP contribution is -2.25. The third-order valence-electron chi connectivity index (χ3n) is 3.29. The maximum absolute atomic E-state index is 13.9. The molecule has 1 heterocycles. The van der Waals surface area contributed by atoms with Crippen molar-refractivity contribution in [2.24, 2.45) is 5.73 Å². The van der Waals surface area contributed by atoms with E-state index in [1.807, 2.05) is 0 Å². The number of fused-ring (bicyclic) bond motifs is 1. The van der Waals surface area contributed by atoms with Gasteiger partial charge in [-0.2, -0.15) is 0 Å². The van der Waals surface area contributed by atoms with Gasteiger partial charge in [0.15, 0.2) is 6.61 Å². The van der Waals surface area contributed by atoms with Gasteiger partial charge in [0.1, 0.15) is 11.6 Å². The largest absolute Gasteiger partial charge is 0.482 e. The number of halogens is 2. The molecule has 0 saturated carbocycles. The number of benzene rings is 2. The molecule has 0 aromatic heterocycles. The van der Waals surface area contributed by atoms with Crippen molar-refractivity contribution in [2.45, 2.75) is 6.04 Å². The van der Waals surface area contributed by atoms with Gasteiger partial charge in [0, 0.05) is 10.0 Å². The van der Waals surface area contributed by atoms with Crippen molar-refractivity contribution in [3.63, 3.8) is 0 Å². The lowest BCUT2D eigenvalue weighted by Gasteiger charge is -2.20. The molecule has 0 bridgehead atoms. The Morgan fingerprint density at radius 1 is 1.29 bits per heavy atom. The Balaban J connectivity index is 1.98. The van der Waals surface area contributed by atoms with Gasteiger partial charge in [-0.25, -0.2) is 4.39 Å². The second kappa shape index (κ2) is 5.46.